The number of hydrogen-bond donors (Lipinski definition) is 1. The molecule has 2 aliphatic rings. The number of benzene rings is 3. The molecule has 1 saturated heterocycles. The van der Waals surface area contributed by atoms with Crippen molar-refractivity contribution in [3.05, 3.63) is 89.5 Å². The number of ether oxygens (including phenoxy) is 1. The molecule has 1 N–H and O–H groups in total. The molecule has 2 heterocycles. The number of fused-ring (bicyclic) bond motifs is 3. The molecular formula is C26H26N2O3. The Labute approximate surface area is 182 Å². The number of aromatic carboxylic acids is 1. The summed E-state index contributed by atoms with van der Waals surface area (Å²) in [6, 6.07) is 24.2. The van der Waals surface area contributed by atoms with E-state index in [2.05, 4.69) is 21.9 Å². The lowest BCUT2D eigenvalue weighted by atomic mass is 9.92. The monoisotopic (exact) mass is 414 g/mol. The third kappa shape index (κ3) is 4.14. The number of anilines is 1. The van der Waals surface area contributed by atoms with E-state index in [4.69, 9.17) is 4.74 Å². The number of aryl methyl sites for hydroxylation is 1. The van der Waals surface area contributed by atoms with Crippen LogP contribution in [0.2, 0.25) is 0 Å². The maximum Gasteiger partial charge on any atom is 0.335 e. The standard InChI is InChI=1S/C26H26N2O3/c29-26(30)20-11-13-24-19(16-20)10-12-22-18-27(14-15-28(22)24)17-21-6-4-5-9-25(21)31-23-7-2-1-3-8-23/h1-9,11,13,16,22H,10,12,14-15,17-18H2,(H,29,30). The fraction of sp³-hybridized carbons (Fsp3) is 0.269. The van der Waals surface area contributed by atoms with Gasteiger partial charge in [0.25, 0.3) is 0 Å². The molecule has 0 aromatic heterocycles. The van der Waals surface area contributed by atoms with Crippen LogP contribution in [0.25, 0.3) is 0 Å². The van der Waals surface area contributed by atoms with Crippen molar-refractivity contribution >= 4 is 11.7 Å². The minimum atomic E-state index is -0.855. The molecule has 2 aliphatic heterocycles. The Bertz CT molecular complexity index is 1080. The first kappa shape index (κ1) is 19.6. The third-order valence-corrected chi connectivity index (χ3v) is 6.29. The average Bonchev–Trinajstić information content (AvgIpc) is 2.80. The summed E-state index contributed by atoms with van der Waals surface area (Å²) in [5, 5.41) is 9.28. The second-order valence-electron chi connectivity index (χ2n) is 8.29. The summed E-state index contributed by atoms with van der Waals surface area (Å²) >= 11 is 0. The number of piperazine rings is 1. The van der Waals surface area contributed by atoms with Gasteiger partial charge in [-0.2, -0.15) is 0 Å². The van der Waals surface area contributed by atoms with Gasteiger partial charge < -0.3 is 14.7 Å². The lowest BCUT2D eigenvalue weighted by Crippen LogP contribution is -2.54. The molecule has 0 spiro atoms. The molecule has 0 radical (unpaired) electrons. The first-order chi connectivity index (χ1) is 15.2. The van der Waals surface area contributed by atoms with Crippen LogP contribution >= 0.6 is 0 Å². The van der Waals surface area contributed by atoms with Gasteiger partial charge in [0.2, 0.25) is 0 Å². The van der Waals surface area contributed by atoms with Gasteiger partial charge in [0.05, 0.1) is 5.56 Å². The van der Waals surface area contributed by atoms with Gasteiger partial charge in [-0.15, -0.1) is 0 Å². The minimum Gasteiger partial charge on any atom is -0.478 e. The molecule has 0 saturated carbocycles. The first-order valence-corrected chi connectivity index (χ1v) is 10.8. The van der Waals surface area contributed by atoms with Gasteiger partial charge in [0.1, 0.15) is 11.5 Å². The number of carbonyl (C=O) groups is 1. The molecular weight excluding hydrogens is 388 g/mol. The van der Waals surface area contributed by atoms with Crippen LogP contribution in [0.4, 0.5) is 5.69 Å². The van der Waals surface area contributed by atoms with E-state index in [-0.39, 0.29) is 0 Å². The van der Waals surface area contributed by atoms with Crippen molar-refractivity contribution in [2.75, 3.05) is 24.5 Å². The molecule has 5 heteroatoms. The number of para-hydroxylation sites is 2. The molecule has 0 aliphatic carbocycles. The van der Waals surface area contributed by atoms with Gasteiger partial charge in [-0.3, -0.25) is 4.90 Å². The summed E-state index contributed by atoms with van der Waals surface area (Å²) in [4.78, 5) is 16.3. The van der Waals surface area contributed by atoms with Gasteiger partial charge in [-0.05, 0) is 54.8 Å². The second-order valence-corrected chi connectivity index (χ2v) is 8.29. The molecule has 1 fully saturated rings. The van der Waals surface area contributed by atoms with Crippen LogP contribution in [0.15, 0.2) is 72.8 Å². The zero-order valence-electron chi connectivity index (χ0n) is 17.4. The number of nitrogens with zero attached hydrogens (tertiary/aromatic N) is 2. The molecule has 5 rings (SSSR count). The van der Waals surface area contributed by atoms with Crippen LogP contribution in [0.5, 0.6) is 11.5 Å². The Balaban J connectivity index is 1.29. The second kappa shape index (κ2) is 8.44. The van der Waals surface area contributed by atoms with Crippen LogP contribution < -0.4 is 9.64 Å². The van der Waals surface area contributed by atoms with E-state index in [1.54, 1.807) is 6.07 Å². The predicted octanol–water partition coefficient (Wildman–Crippen LogP) is 4.81. The van der Waals surface area contributed by atoms with Crippen LogP contribution in [0.3, 0.4) is 0 Å². The van der Waals surface area contributed by atoms with Crippen molar-refractivity contribution in [1.29, 1.82) is 0 Å². The highest BCUT2D eigenvalue weighted by Gasteiger charge is 2.32. The fourth-order valence-electron chi connectivity index (χ4n) is 4.74. The molecule has 1 unspecified atom stereocenters. The molecule has 0 amide bonds. The van der Waals surface area contributed by atoms with Crippen molar-refractivity contribution in [2.45, 2.75) is 25.4 Å². The smallest absolute Gasteiger partial charge is 0.335 e. The molecule has 3 aromatic carbocycles. The molecule has 0 bridgehead atoms. The Morgan fingerprint density at radius 1 is 1.00 bits per heavy atom. The zero-order chi connectivity index (χ0) is 21.2. The normalized spacial score (nSPS) is 18.2. The molecule has 5 nitrogen and oxygen atoms in total. The van der Waals surface area contributed by atoms with Gasteiger partial charge >= 0.3 is 5.97 Å². The number of carboxylic acids is 1. The minimum absolute atomic E-state index is 0.380. The number of hydrogen-bond acceptors (Lipinski definition) is 4. The van der Waals surface area contributed by atoms with Crippen molar-refractivity contribution in [3.8, 4) is 11.5 Å². The van der Waals surface area contributed by atoms with E-state index < -0.39 is 5.97 Å². The van der Waals surface area contributed by atoms with E-state index in [0.29, 0.717) is 11.6 Å². The van der Waals surface area contributed by atoms with E-state index >= 15 is 0 Å². The van der Waals surface area contributed by atoms with Gasteiger partial charge in [-0.25, -0.2) is 4.79 Å². The first-order valence-electron chi connectivity index (χ1n) is 10.8. The summed E-state index contributed by atoms with van der Waals surface area (Å²) < 4.78 is 6.15. The van der Waals surface area contributed by atoms with Gasteiger partial charge in [-0.1, -0.05) is 36.4 Å². The Hall–Kier alpha value is -3.31. The van der Waals surface area contributed by atoms with E-state index in [1.165, 1.54) is 11.3 Å². The number of rotatable bonds is 5. The highest BCUT2D eigenvalue weighted by atomic mass is 16.5. The topological polar surface area (TPSA) is 53.0 Å². The predicted molar refractivity (Wildman–Crippen MR) is 121 cm³/mol. The Morgan fingerprint density at radius 2 is 1.81 bits per heavy atom. The van der Waals surface area contributed by atoms with Crippen molar-refractivity contribution < 1.29 is 14.6 Å². The average molecular weight is 415 g/mol. The van der Waals surface area contributed by atoms with E-state index in [0.717, 1.165) is 56.1 Å². The molecule has 1 atom stereocenters. The summed E-state index contributed by atoms with van der Waals surface area (Å²) in [7, 11) is 0. The quantitative estimate of drug-likeness (QED) is 0.649. The molecule has 3 aromatic rings. The largest absolute Gasteiger partial charge is 0.478 e. The summed E-state index contributed by atoms with van der Waals surface area (Å²) in [6.45, 7) is 3.78. The number of carboxylic acid groups (broad SMARTS) is 1. The fourth-order valence-corrected chi connectivity index (χ4v) is 4.74. The van der Waals surface area contributed by atoms with Crippen LogP contribution in [0, 0.1) is 0 Å². The summed E-state index contributed by atoms with van der Waals surface area (Å²) in [5.41, 5.74) is 3.94. The SMILES string of the molecule is O=C(O)c1ccc2c(c1)CCC1CN(Cc3ccccc3Oc3ccccc3)CCN21. The summed E-state index contributed by atoms with van der Waals surface area (Å²) in [5.74, 6) is 0.904. The van der Waals surface area contributed by atoms with Gasteiger partial charge in [0.15, 0.2) is 0 Å². The van der Waals surface area contributed by atoms with Crippen LogP contribution in [0.1, 0.15) is 27.9 Å². The van der Waals surface area contributed by atoms with Crippen LogP contribution in [-0.2, 0) is 13.0 Å². The Kier molecular flexibility index (Phi) is 5.35. The maximum atomic E-state index is 11.3. The lowest BCUT2D eigenvalue weighted by molar-refractivity contribution is 0.0696. The highest BCUT2D eigenvalue weighted by molar-refractivity contribution is 5.88. The van der Waals surface area contributed by atoms with E-state index in [1.807, 2.05) is 54.6 Å². The molecule has 158 valence electrons. The third-order valence-electron chi connectivity index (χ3n) is 6.29. The lowest BCUT2D eigenvalue weighted by Gasteiger charge is -2.46. The highest BCUT2D eigenvalue weighted by Crippen LogP contribution is 2.34. The van der Waals surface area contributed by atoms with Crippen LogP contribution in [-0.4, -0.2) is 41.7 Å². The van der Waals surface area contributed by atoms with E-state index in [9.17, 15) is 9.90 Å². The maximum absolute atomic E-state index is 11.3. The zero-order valence-corrected chi connectivity index (χ0v) is 17.4. The molecule has 31 heavy (non-hydrogen) atoms. The van der Waals surface area contributed by atoms with Gasteiger partial charge in [0, 0.05) is 43.5 Å². The Morgan fingerprint density at radius 3 is 2.65 bits per heavy atom. The summed E-state index contributed by atoms with van der Waals surface area (Å²) in [6.07, 6.45) is 1.98. The van der Waals surface area contributed by atoms with Crippen molar-refractivity contribution in [2.24, 2.45) is 0 Å². The van der Waals surface area contributed by atoms with Crippen molar-refractivity contribution in [1.82, 2.24) is 4.90 Å². The van der Waals surface area contributed by atoms with Crippen molar-refractivity contribution in [3.63, 3.8) is 0 Å².